The number of hydrogen-bond acceptors (Lipinski definition) is 3. The number of aromatic nitrogens is 2. The number of carbonyl (C=O) groups is 2. The molecule has 0 aliphatic carbocycles. The Morgan fingerprint density at radius 3 is 2.79 bits per heavy atom. The summed E-state index contributed by atoms with van der Waals surface area (Å²) < 4.78 is 1.75. The van der Waals surface area contributed by atoms with E-state index in [9.17, 15) is 9.59 Å². The predicted octanol–water partition coefficient (Wildman–Crippen LogP) is 1.68. The van der Waals surface area contributed by atoms with E-state index < -0.39 is 0 Å². The average Bonchev–Trinajstić information content (AvgIpc) is 2.86. The number of hydrogen-bond donors (Lipinski definition) is 0. The van der Waals surface area contributed by atoms with Crippen LogP contribution < -0.4 is 0 Å². The molecule has 2 atom stereocenters. The Labute approximate surface area is 143 Å². The van der Waals surface area contributed by atoms with Crippen LogP contribution in [0.3, 0.4) is 0 Å². The zero-order valence-electron chi connectivity index (χ0n) is 14.5. The van der Waals surface area contributed by atoms with Gasteiger partial charge in [-0.25, -0.2) is 0 Å². The first-order chi connectivity index (χ1) is 11.6. The van der Waals surface area contributed by atoms with Gasteiger partial charge in [0.25, 0.3) is 0 Å². The molecule has 24 heavy (non-hydrogen) atoms. The van der Waals surface area contributed by atoms with Gasteiger partial charge in [-0.05, 0) is 37.3 Å². The van der Waals surface area contributed by atoms with Gasteiger partial charge in [0.15, 0.2) is 0 Å². The molecule has 6 nitrogen and oxygen atoms in total. The number of likely N-dealkylation sites (tertiary alicyclic amines) is 2. The van der Waals surface area contributed by atoms with E-state index in [2.05, 4.69) is 5.10 Å². The van der Waals surface area contributed by atoms with Crippen LogP contribution in [-0.2, 0) is 16.6 Å². The van der Waals surface area contributed by atoms with E-state index >= 15 is 0 Å². The van der Waals surface area contributed by atoms with Crippen LogP contribution >= 0.6 is 0 Å². The van der Waals surface area contributed by atoms with Gasteiger partial charge in [-0.3, -0.25) is 14.3 Å². The van der Waals surface area contributed by atoms with Crippen molar-refractivity contribution < 1.29 is 9.59 Å². The molecular weight excluding hydrogens is 304 g/mol. The quantitative estimate of drug-likeness (QED) is 0.775. The lowest BCUT2D eigenvalue weighted by Crippen LogP contribution is -2.52. The molecule has 1 aromatic rings. The number of piperidine rings is 1. The van der Waals surface area contributed by atoms with Crippen LogP contribution in [0, 0.1) is 5.92 Å². The summed E-state index contributed by atoms with van der Waals surface area (Å²) in [6.07, 6.45) is 9.37. The van der Waals surface area contributed by atoms with Gasteiger partial charge < -0.3 is 9.80 Å². The van der Waals surface area contributed by atoms with Gasteiger partial charge in [0.05, 0.1) is 5.69 Å². The van der Waals surface area contributed by atoms with Crippen molar-refractivity contribution in [2.45, 2.75) is 38.6 Å². The summed E-state index contributed by atoms with van der Waals surface area (Å²) in [5.41, 5.74) is 0.918. The SMILES string of the molecule is CC(=O)N1CC[C@@H]2[C@H](CCCCN2C(=O)/C=C/c2ccnn2C)C1. The summed E-state index contributed by atoms with van der Waals surface area (Å²) >= 11 is 0. The molecule has 0 spiro atoms. The van der Waals surface area contributed by atoms with Crippen LogP contribution in [0.25, 0.3) is 6.08 Å². The molecular formula is C18H26N4O2. The van der Waals surface area contributed by atoms with Crippen LogP contribution in [-0.4, -0.2) is 57.1 Å². The third-order valence-corrected chi connectivity index (χ3v) is 5.30. The molecule has 0 bridgehead atoms. The summed E-state index contributed by atoms with van der Waals surface area (Å²) in [4.78, 5) is 28.4. The molecule has 6 heteroatoms. The maximum absolute atomic E-state index is 12.8. The van der Waals surface area contributed by atoms with E-state index in [0.29, 0.717) is 5.92 Å². The maximum Gasteiger partial charge on any atom is 0.246 e. The molecule has 3 heterocycles. The fourth-order valence-electron chi connectivity index (χ4n) is 3.93. The van der Waals surface area contributed by atoms with Crippen molar-refractivity contribution in [3.8, 4) is 0 Å². The third-order valence-electron chi connectivity index (χ3n) is 5.30. The zero-order valence-corrected chi connectivity index (χ0v) is 14.5. The van der Waals surface area contributed by atoms with Crippen molar-refractivity contribution in [3.05, 3.63) is 24.0 Å². The number of carbonyl (C=O) groups excluding carboxylic acids is 2. The average molecular weight is 330 g/mol. The topological polar surface area (TPSA) is 58.4 Å². The molecule has 3 rings (SSSR count). The molecule has 130 valence electrons. The van der Waals surface area contributed by atoms with E-state index in [0.717, 1.165) is 51.0 Å². The molecule has 0 radical (unpaired) electrons. The first-order valence-corrected chi connectivity index (χ1v) is 8.78. The van der Waals surface area contributed by atoms with Gasteiger partial charge in [-0.2, -0.15) is 5.10 Å². The highest BCUT2D eigenvalue weighted by Gasteiger charge is 2.36. The lowest BCUT2D eigenvalue weighted by Gasteiger charge is -2.42. The Bertz CT molecular complexity index is 637. The molecule has 0 saturated carbocycles. The largest absolute Gasteiger partial charge is 0.343 e. The maximum atomic E-state index is 12.8. The minimum Gasteiger partial charge on any atom is -0.343 e. The Kier molecular flexibility index (Phi) is 5.02. The smallest absolute Gasteiger partial charge is 0.246 e. The number of fused-ring (bicyclic) bond motifs is 1. The minimum atomic E-state index is 0.0735. The summed E-state index contributed by atoms with van der Waals surface area (Å²) in [5, 5.41) is 4.12. The second-order valence-electron chi connectivity index (χ2n) is 6.82. The number of nitrogens with zero attached hydrogens (tertiary/aromatic N) is 4. The van der Waals surface area contributed by atoms with Crippen molar-refractivity contribution in [2.24, 2.45) is 13.0 Å². The van der Waals surface area contributed by atoms with E-state index in [1.807, 2.05) is 29.0 Å². The van der Waals surface area contributed by atoms with Gasteiger partial charge in [0, 0.05) is 51.9 Å². The Hall–Kier alpha value is -2.11. The highest BCUT2D eigenvalue weighted by Crippen LogP contribution is 2.30. The van der Waals surface area contributed by atoms with E-state index in [4.69, 9.17) is 0 Å². The van der Waals surface area contributed by atoms with Gasteiger partial charge >= 0.3 is 0 Å². The molecule has 2 aliphatic heterocycles. The van der Waals surface area contributed by atoms with Crippen LogP contribution in [0.5, 0.6) is 0 Å². The first kappa shape index (κ1) is 16.7. The standard InChI is InChI=1S/C18H26N4O2/c1-14(23)21-12-9-17-15(13-21)5-3-4-11-22(17)18(24)7-6-16-8-10-19-20(16)2/h6-8,10,15,17H,3-5,9,11-13H2,1-2H3/b7-6+/t15-,17-/m1/s1. The zero-order chi connectivity index (χ0) is 17.1. The van der Waals surface area contributed by atoms with Crippen LogP contribution in [0.15, 0.2) is 18.3 Å². The van der Waals surface area contributed by atoms with E-state index in [1.165, 1.54) is 0 Å². The van der Waals surface area contributed by atoms with Crippen molar-refractivity contribution in [1.29, 1.82) is 0 Å². The Morgan fingerprint density at radius 2 is 2.08 bits per heavy atom. The Morgan fingerprint density at radius 1 is 1.25 bits per heavy atom. The Balaban J connectivity index is 1.72. The van der Waals surface area contributed by atoms with Gasteiger partial charge in [0.2, 0.25) is 11.8 Å². The van der Waals surface area contributed by atoms with Crippen LogP contribution in [0.1, 0.15) is 38.3 Å². The summed E-state index contributed by atoms with van der Waals surface area (Å²) in [6, 6.07) is 2.15. The van der Waals surface area contributed by atoms with Crippen molar-refractivity contribution in [1.82, 2.24) is 19.6 Å². The molecule has 2 saturated heterocycles. The van der Waals surface area contributed by atoms with Crippen LogP contribution in [0.2, 0.25) is 0 Å². The highest BCUT2D eigenvalue weighted by atomic mass is 16.2. The number of rotatable bonds is 2. The van der Waals surface area contributed by atoms with Crippen molar-refractivity contribution >= 4 is 17.9 Å². The lowest BCUT2D eigenvalue weighted by molar-refractivity contribution is -0.134. The summed E-state index contributed by atoms with van der Waals surface area (Å²) in [6.45, 7) is 3.99. The summed E-state index contributed by atoms with van der Waals surface area (Å²) in [7, 11) is 1.86. The van der Waals surface area contributed by atoms with Crippen molar-refractivity contribution in [3.63, 3.8) is 0 Å². The fourth-order valence-corrected chi connectivity index (χ4v) is 3.93. The fraction of sp³-hybridized carbons (Fsp3) is 0.611. The second-order valence-corrected chi connectivity index (χ2v) is 6.82. The number of aryl methyl sites for hydroxylation is 1. The van der Waals surface area contributed by atoms with Crippen LogP contribution in [0.4, 0.5) is 0 Å². The first-order valence-electron chi connectivity index (χ1n) is 8.78. The molecule has 1 aromatic heterocycles. The second kappa shape index (κ2) is 7.20. The highest BCUT2D eigenvalue weighted by molar-refractivity contribution is 5.91. The lowest BCUT2D eigenvalue weighted by atomic mass is 9.88. The minimum absolute atomic E-state index is 0.0735. The number of amides is 2. The van der Waals surface area contributed by atoms with Crippen molar-refractivity contribution in [2.75, 3.05) is 19.6 Å². The van der Waals surface area contributed by atoms with Gasteiger partial charge in [0.1, 0.15) is 0 Å². The molecule has 0 N–H and O–H groups in total. The summed E-state index contributed by atoms with van der Waals surface area (Å²) in [5.74, 6) is 0.621. The molecule has 0 unspecified atom stereocenters. The van der Waals surface area contributed by atoms with E-state index in [1.54, 1.807) is 23.9 Å². The molecule has 2 fully saturated rings. The monoisotopic (exact) mass is 330 g/mol. The molecule has 0 aromatic carbocycles. The molecule has 2 amide bonds. The van der Waals surface area contributed by atoms with Gasteiger partial charge in [-0.15, -0.1) is 0 Å². The third kappa shape index (κ3) is 3.52. The normalized spacial score (nSPS) is 24.8. The van der Waals surface area contributed by atoms with E-state index in [-0.39, 0.29) is 17.9 Å². The molecule has 2 aliphatic rings. The predicted molar refractivity (Wildman–Crippen MR) is 92.0 cm³/mol. The van der Waals surface area contributed by atoms with Gasteiger partial charge in [-0.1, -0.05) is 6.42 Å².